The number of rotatable bonds is 3. The fraction of sp³-hybridized carbons (Fsp3) is 0.529. The van der Waals surface area contributed by atoms with Gasteiger partial charge in [0.25, 0.3) is 0 Å². The lowest BCUT2D eigenvalue weighted by Crippen LogP contribution is -2.51. The number of hydrogen-bond donors (Lipinski definition) is 1. The van der Waals surface area contributed by atoms with Crippen molar-refractivity contribution in [2.75, 3.05) is 29.4 Å². The van der Waals surface area contributed by atoms with Crippen LogP contribution < -0.4 is 9.80 Å². The average Bonchev–Trinajstić information content (AvgIpc) is 3.27. The second-order valence-electron chi connectivity index (χ2n) is 7.37. The molecule has 1 unspecified atom stereocenters. The molecule has 7 heteroatoms. The highest BCUT2D eigenvalue weighted by molar-refractivity contribution is 5.89. The van der Waals surface area contributed by atoms with E-state index in [4.69, 9.17) is 4.98 Å². The molecule has 2 aromatic heterocycles. The molecule has 0 aromatic carbocycles. The molecule has 5 rings (SSSR count). The molecule has 3 fully saturated rings. The van der Waals surface area contributed by atoms with Crippen LogP contribution in [-0.4, -0.2) is 51.7 Å². The molecule has 3 aliphatic rings. The minimum absolute atomic E-state index is 0.0322. The molecule has 4 heterocycles. The van der Waals surface area contributed by atoms with Gasteiger partial charge in [0.2, 0.25) is 5.95 Å². The number of aromatic nitrogens is 3. The van der Waals surface area contributed by atoms with E-state index in [-0.39, 0.29) is 11.3 Å². The van der Waals surface area contributed by atoms with Crippen LogP contribution in [0.4, 0.5) is 11.8 Å². The maximum absolute atomic E-state index is 11.2. The van der Waals surface area contributed by atoms with Gasteiger partial charge in [0.1, 0.15) is 5.82 Å². The van der Waals surface area contributed by atoms with Crippen LogP contribution in [-0.2, 0) is 4.79 Å². The van der Waals surface area contributed by atoms with E-state index in [1.807, 2.05) is 12.1 Å². The Labute approximate surface area is 139 Å². The first-order valence-corrected chi connectivity index (χ1v) is 8.45. The largest absolute Gasteiger partial charge is 0.481 e. The summed E-state index contributed by atoms with van der Waals surface area (Å²) >= 11 is 0. The molecule has 1 N–H and O–H groups in total. The molecule has 124 valence electrons. The highest BCUT2D eigenvalue weighted by atomic mass is 16.4. The Kier molecular flexibility index (Phi) is 2.65. The summed E-state index contributed by atoms with van der Waals surface area (Å²) in [5.74, 6) is 0.777. The molecule has 1 saturated carbocycles. The molecule has 7 nitrogen and oxygen atoms in total. The molecule has 2 saturated heterocycles. The molecule has 2 aromatic rings. The van der Waals surface area contributed by atoms with Crippen molar-refractivity contribution >= 4 is 28.8 Å². The maximum atomic E-state index is 11.2. The fourth-order valence-corrected chi connectivity index (χ4v) is 4.03. The van der Waals surface area contributed by atoms with E-state index in [1.54, 1.807) is 6.20 Å². The zero-order chi connectivity index (χ0) is 16.5. The number of anilines is 2. The van der Waals surface area contributed by atoms with Gasteiger partial charge in [-0.15, -0.1) is 0 Å². The lowest BCUT2D eigenvalue weighted by molar-refractivity contribution is -0.139. The van der Waals surface area contributed by atoms with E-state index >= 15 is 0 Å². The van der Waals surface area contributed by atoms with Gasteiger partial charge in [-0.1, -0.05) is 0 Å². The fourth-order valence-electron chi connectivity index (χ4n) is 4.03. The minimum Gasteiger partial charge on any atom is -0.481 e. The topological polar surface area (TPSA) is 82.5 Å². The minimum atomic E-state index is -0.668. The molecule has 1 spiro atoms. The first kappa shape index (κ1) is 13.9. The second kappa shape index (κ2) is 4.55. The Morgan fingerprint density at radius 3 is 2.83 bits per heavy atom. The van der Waals surface area contributed by atoms with Gasteiger partial charge in [0.15, 0.2) is 5.65 Å². The van der Waals surface area contributed by atoms with Crippen molar-refractivity contribution in [3.05, 3.63) is 18.3 Å². The smallest absolute Gasteiger partial charge is 0.307 e. The molecule has 2 atom stereocenters. The molecular formula is C17H19N5O2. The molecule has 0 bridgehead atoms. The Bertz CT molecular complexity index is 848. The monoisotopic (exact) mass is 325 g/mol. The van der Waals surface area contributed by atoms with E-state index in [9.17, 15) is 9.90 Å². The van der Waals surface area contributed by atoms with Crippen molar-refractivity contribution in [2.45, 2.75) is 25.8 Å². The van der Waals surface area contributed by atoms with E-state index in [2.05, 4.69) is 26.7 Å². The lowest BCUT2D eigenvalue weighted by Gasteiger charge is -2.43. The Morgan fingerprint density at radius 2 is 2.21 bits per heavy atom. The van der Waals surface area contributed by atoms with Crippen LogP contribution in [0.5, 0.6) is 0 Å². The first-order chi connectivity index (χ1) is 11.6. The van der Waals surface area contributed by atoms with Crippen LogP contribution in [0.2, 0.25) is 0 Å². The molecular weight excluding hydrogens is 306 g/mol. The average molecular weight is 325 g/mol. The van der Waals surface area contributed by atoms with Crippen LogP contribution in [0.3, 0.4) is 0 Å². The highest BCUT2D eigenvalue weighted by Crippen LogP contribution is 2.59. The molecule has 1 aliphatic carbocycles. The summed E-state index contributed by atoms with van der Waals surface area (Å²) in [5, 5.41) is 10.1. The van der Waals surface area contributed by atoms with Gasteiger partial charge < -0.3 is 14.9 Å². The SMILES string of the molecule is C[C@H]1CCN1c1nc(N2CC3(CC3C(=O)O)C2)c2cccnc2n1. The summed E-state index contributed by atoms with van der Waals surface area (Å²) in [6.45, 7) is 4.68. The predicted molar refractivity (Wildman–Crippen MR) is 89.1 cm³/mol. The molecule has 0 amide bonds. The zero-order valence-corrected chi connectivity index (χ0v) is 13.5. The van der Waals surface area contributed by atoms with E-state index in [0.29, 0.717) is 11.7 Å². The summed E-state index contributed by atoms with van der Waals surface area (Å²) in [4.78, 5) is 29.4. The van der Waals surface area contributed by atoms with Gasteiger partial charge in [0, 0.05) is 37.3 Å². The Balaban J connectivity index is 1.50. The van der Waals surface area contributed by atoms with Crippen molar-refractivity contribution in [2.24, 2.45) is 11.3 Å². The second-order valence-corrected chi connectivity index (χ2v) is 7.37. The van der Waals surface area contributed by atoms with Gasteiger partial charge in [-0.05, 0) is 31.9 Å². The summed E-state index contributed by atoms with van der Waals surface area (Å²) in [7, 11) is 0. The zero-order valence-electron chi connectivity index (χ0n) is 13.5. The first-order valence-electron chi connectivity index (χ1n) is 8.45. The highest BCUT2D eigenvalue weighted by Gasteiger charge is 2.65. The van der Waals surface area contributed by atoms with Crippen LogP contribution >= 0.6 is 0 Å². The third-order valence-corrected chi connectivity index (χ3v) is 5.81. The number of fused-ring (bicyclic) bond motifs is 1. The van der Waals surface area contributed by atoms with Crippen molar-refractivity contribution in [1.29, 1.82) is 0 Å². The number of nitrogens with zero attached hydrogens (tertiary/aromatic N) is 5. The van der Waals surface area contributed by atoms with Crippen molar-refractivity contribution in [3.8, 4) is 0 Å². The van der Waals surface area contributed by atoms with Gasteiger partial charge in [-0.25, -0.2) is 4.98 Å². The quantitative estimate of drug-likeness (QED) is 0.916. The van der Waals surface area contributed by atoms with Crippen LogP contribution in [0, 0.1) is 11.3 Å². The number of pyridine rings is 1. The van der Waals surface area contributed by atoms with Crippen molar-refractivity contribution < 1.29 is 9.90 Å². The Morgan fingerprint density at radius 1 is 1.38 bits per heavy atom. The van der Waals surface area contributed by atoms with Gasteiger partial charge in [0.05, 0.1) is 11.3 Å². The number of carbonyl (C=O) groups is 1. The van der Waals surface area contributed by atoms with Crippen LogP contribution in [0.25, 0.3) is 11.0 Å². The number of hydrogen-bond acceptors (Lipinski definition) is 6. The van der Waals surface area contributed by atoms with Crippen LogP contribution in [0.15, 0.2) is 18.3 Å². The number of carboxylic acids is 1. The predicted octanol–water partition coefficient (Wildman–Crippen LogP) is 1.53. The maximum Gasteiger partial charge on any atom is 0.307 e. The molecule has 2 aliphatic heterocycles. The molecule has 0 radical (unpaired) electrons. The summed E-state index contributed by atoms with van der Waals surface area (Å²) in [6.07, 6.45) is 3.70. The number of aliphatic carboxylic acids is 1. The van der Waals surface area contributed by atoms with Crippen molar-refractivity contribution in [3.63, 3.8) is 0 Å². The summed E-state index contributed by atoms with van der Waals surface area (Å²) in [6, 6.07) is 4.35. The van der Waals surface area contributed by atoms with Crippen molar-refractivity contribution in [1.82, 2.24) is 15.0 Å². The van der Waals surface area contributed by atoms with Crippen LogP contribution in [0.1, 0.15) is 19.8 Å². The van der Waals surface area contributed by atoms with Gasteiger partial charge >= 0.3 is 5.97 Å². The summed E-state index contributed by atoms with van der Waals surface area (Å²) < 4.78 is 0. The van der Waals surface area contributed by atoms with E-state index < -0.39 is 5.97 Å². The Hall–Kier alpha value is -2.44. The normalized spacial score (nSPS) is 27.0. The third-order valence-electron chi connectivity index (χ3n) is 5.81. The standard InChI is InChI=1S/C17H19N5O2/c1-10-4-6-22(10)16-19-13-11(3-2-5-18-13)14(20-16)21-8-17(9-21)7-12(17)15(23)24/h2-3,5,10,12H,4,6-9H2,1H3,(H,23,24)/t10-,12?/m0/s1. The van der Waals surface area contributed by atoms with Gasteiger partial charge in [-0.3, -0.25) is 4.79 Å². The third kappa shape index (κ3) is 1.84. The molecule has 24 heavy (non-hydrogen) atoms. The number of carboxylic acid groups (broad SMARTS) is 1. The van der Waals surface area contributed by atoms with Gasteiger partial charge in [-0.2, -0.15) is 9.97 Å². The lowest BCUT2D eigenvalue weighted by atomic mass is 9.93. The summed E-state index contributed by atoms with van der Waals surface area (Å²) in [5.41, 5.74) is 0.679. The van der Waals surface area contributed by atoms with E-state index in [1.165, 1.54) is 0 Å². The van der Waals surface area contributed by atoms with E-state index in [0.717, 1.165) is 49.6 Å².